The van der Waals surface area contributed by atoms with Crippen molar-refractivity contribution >= 4 is 28.9 Å². The summed E-state index contributed by atoms with van der Waals surface area (Å²) in [6.07, 6.45) is 10.8. The molecule has 4 nitrogen and oxygen atoms in total. The van der Waals surface area contributed by atoms with Crippen molar-refractivity contribution in [2.75, 3.05) is 5.43 Å². The number of rotatable bonds is 7. The highest BCUT2D eigenvalue weighted by molar-refractivity contribution is 8.03. The number of hydrogen-bond acceptors (Lipinski definition) is 5. The second-order valence-electron chi connectivity index (χ2n) is 10.5. The van der Waals surface area contributed by atoms with E-state index in [-0.39, 0.29) is 11.2 Å². The van der Waals surface area contributed by atoms with Crippen LogP contribution < -0.4 is 5.43 Å². The maximum absolute atomic E-state index is 10.8. The lowest BCUT2D eigenvalue weighted by Crippen LogP contribution is -2.14. The molecule has 4 rings (SSSR count). The lowest BCUT2D eigenvalue weighted by Gasteiger charge is -2.22. The van der Waals surface area contributed by atoms with Crippen molar-refractivity contribution in [1.29, 1.82) is 5.41 Å². The zero-order valence-electron chi connectivity index (χ0n) is 20.8. The summed E-state index contributed by atoms with van der Waals surface area (Å²) in [4.78, 5) is 2.21. The molecule has 3 N–H and O–H groups in total. The molecule has 0 unspecified atom stereocenters. The molecule has 0 saturated heterocycles. The third kappa shape index (κ3) is 5.30. The molecule has 1 saturated carbocycles. The van der Waals surface area contributed by atoms with Crippen LogP contribution in [0.1, 0.15) is 70.1 Å². The lowest BCUT2D eigenvalue weighted by molar-refractivity contribution is 0.448. The van der Waals surface area contributed by atoms with Gasteiger partial charge in [0.05, 0.1) is 11.4 Å². The summed E-state index contributed by atoms with van der Waals surface area (Å²) in [7, 11) is 0. The Bertz CT molecular complexity index is 1180. The minimum Gasteiger partial charge on any atom is -0.505 e. The van der Waals surface area contributed by atoms with Crippen molar-refractivity contribution in [2.24, 2.45) is 5.10 Å². The van der Waals surface area contributed by atoms with E-state index in [0.29, 0.717) is 22.5 Å². The molecule has 0 atom stereocenters. The van der Waals surface area contributed by atoms with Crippen LogP contribution in [0.3, 0.4) is 0 Å². The van der Waals surface area contributed by atoms with E-state index in [1.807, 2.05) is 31.2 Å². The topological polar surface area (TPSA) is 68.5 Å². The molecule has 0 aliphatic heterocycles. The molecular formula is C29H35N3OS. The molecule has 0 aromatic heterocycles. The van der Waals surface area contributed by atoms with Gasteiger partial charge in [-0.2, -0.15) is 5.10 Å². The molecular weight excluding hydrogens is 438 g/mol. The fourth-order valence-electron chi connectivity index (χ4n) is 4.55. The highest BCUT2D eigenvalue weighted by Gasteiger charge is 2.42. The predicted molar refractivity (Wildman–Crippen MR) is 146 cm³/mol. The number of aromatic hydroxyl groups is 1. The molecule has 2 aromatic rings. The fourth-order valence-corrected chi connectivity index (χ4v) is 5.40. The van der Waals surface area contributed by atoms with Crippen LogP contribution in [0.2, 0.25) is 0 Å². The van der Waals surface area contributed by atoms with Gasteiger partial charge in [-0.25, -0.2) is 0 Å². The molecule has 2 aromatic carbocycles. The first-order valence-corrected chi connectivity index (χ1v) is 12.9. The van der Waals surface area contributed by atoms with Crippen molar-refractivity contribution in [3.63, 3.8) is 0 Å². The van der Waals surface area contributed by atoms with Gasteiger partial charge in [0.2, 0.25) is 0 Å². The van der Waals surface area contributed by atoms with Crippen LogP contribution in [0.4, 0.5) is 5.69 Å². The number of nitrogens with zero attached hydrogens (tertiary/aromatic N) is 1. The molecule has 1 fully saturated rings. The largest absolute Gasteiger partial charge is 0.505 e. The van der Waals surface area contributed by atoms with Gasteiger partial charge in [0.1, 0.15) is 11.5 Å². The average Bonchev–Trinajstić information content (AvgIpc) is 3.56. The van der Waals surface area contributed by atoms with Gasteiger partial charge < -0.3 is 5.11 Å². The summed E-state index contributed by atoms with van der Waals surface area (Å²) in [5, 5.41) is 23.5. The molecule has 0 bridgehead atoms. The number of benzene rings is 2. The normalized spacial score (nSPS) is 18.2. The molecule has 0 radical (unpaired) electrons. The maximum Gasteiger partial charge on any atom is 0.144 e. The number of nitrogens with one attached hydrogen (secondary N) is 2. The number of anilines is 1. The van der Waals surface area contributed by atoms with Gasteiger partial charge in [0, 0.05) is 15.4 Å². The molecule has 2 aliphatic carbocycles. The smallest absolute Gasteiger partial charge is 0.144 e. The van der Waals surface area contributed by atoms with Crippen LogP contribution in [0, 0.1) is 12.3 Å². The summed E-state index contributed by atoms with van der Waals surface area (Å²) in [6, 6.07) is 12.9. The van der Waals surface area contributed by atoms with Crippen molar-refractivity contribution in [3.8, 4) is 5.75 Å². The van der Waals surface area contributed by atoms with Crippen LogP contribution in [0.25, 0.3) is 0 Å². The van der Waals surface area contributed by atoms with Crippen molar-refractivity contribution in [2.45, 2.75) is 76.0 Å². The molecule has 178 valence electrons. The second-order valence-corrected chi connectivity index (χ2v) is 11.7. The van der Waals surface area contributed by atoms with E-state index in [2.05, 4.69) is 62.5 Å². The summed E-state index contributed by atoms with van der Waals surface area (Å²) in [5.74, 6) is 0.204. The van der Waals surface area contributed by atoms with Crippen molar-refractivity contribution in [3.05, 3.63) is 76.2 Å². The molecule has 0 spiro atoms. The number of phenols is 1. The Labute approximate surface area is 207 Å². The summed E-state index contributed by atoms with van der Waals surface area (Å²) >= 11 is 1.68. The van der Waals surface area contributed by atoms with E-state index in [1.165, 1.54) is 36.1 Å². The zero-order valence-corrected chi connectivity index (χ0v) is 21.6. The Morgan fingerprint density at radius 1 is 1.12 bits per heavy atom. The maximum atomic E-state index is 10.8. The Morgan fingerprint density at radius 2 is 1.82 bits per heavy atom. The van der Waals surface area contributed by atoms with E-state index in [0.717, 1.165) is 16.0 Å². The van der Waals surface area contributed by atoms with E-state index in [1.54, 1.807) is 17.8 Å². The van der Waals surface area contributed by atoms with Crippen LogP contribution in [-0.2, 0) is 10.8 Å². The van der Waals surface area contributed by atoms with Crippen LogP contribution in [0.5, 0.6) is 5.75 Å². The van der Waals surface area contributed by atoms with Gasteiger partial charge in [0.15, 0.2) is 0 Å². The number of allylic oxidation sites excluding steroid dienone is 3. The minimum atomic E-state index is -0.186. The van der Waals surface area contributed by atoms with E-state index >= 15 is 0 Å². The van der Waals surface area contributed by atoms with Crippen LogP contribution in [0.15, 0.2) is 69.5 Å². The van der Waals surface area contributed by atoms with Gasteiger partial charge in [-0.3, -0.25) is 10.8 Å². The van der Waals surface area contributed by atoms with Gasteiger partial charge in [-0.1, -0.05) is 64.1 Å². The monoisotopic (exact) mass is 473 g/mol. The molecule has 2 aliphatic rings. The average molecular weight is 474 g/mol. The van der Waals surface area contributed by atoms with E-state index in [9.17, 15) is 5.11 Å². The van der Waals surface area contributed by atoms with Gasteiger partial charge >= 0.3 is 0 Å². The Hall–Kier alpha value is -2.79. The number of hydrazone groups is 1. The summed E-state index contributed by atoms with van der Waals surface area (Å²) in [5.41, 5.74) is 8.06. The highest BCUT2D eigenvalue weighted by Crippen LogP contribution is 2.52. The molecule has 5 heteroatoms. The standard InChI is InChI=1S/C29H35N3OS/c1-6-13-29(14-15-29)20-7-9-21(10-8-20)34-22-11-12-24(30)25(18-22)31-32-26-17-19(2)16-23(27(26)33)28(3,4)5/h7-12,16-18,30,32-33H,6,13-15H2,1-5H3/b30-24?,31-25-. The number of hydrogen-bond donors (Lipinski definition) is 3. The fraction of sp³-hybridized carbons (Fsp3) is 0.379. The predicted octanol–water partition coefficient (Wildman–Crippen LogP) is 7.86. The first-order chi connectivity index (χ1) is 16.1. The highest BCUT2D eigenvalue weighted by atomic mass is 32.2. The van der Waals surface area contributed by atoms with Crippen molar-refractivity contribution in [1.82, 2.24) is 0 Å². The van der Waals surface area contributed by atoms with Gasteiger partial charge in [0.25, 0.3) is 0 Å². The van der Waals surface area contributed by atoms with Crippen LogP contribution in [-0.4, -0.2) is 16.5 Å². The Morgan fingerprint density at radius 3 is 2.44 bits per heavy atom. The lowest BCUT2D eigenvalue weighted by atomic mass is 9.85. The van der Waals surface area contributed by atoms with Gasteiger partial charge in [-0.15, -0.1) is 0 Å². The third-order valence-corrected chi connectivity index (χ3v) is 7.61. The summed E-state index contributed by atoms with van der Waals surface area (Å²) in [6.45, 7) is 10.5. The zero-order chi connectivity index (χ0) is 24.5. The quantitative estimate of drug-likeness (QED) is 0.218. The molecule has 0 heterocycles. The van der Waals surface area contributed by atoms with Crippen LogP contribution >= 0.6 is 11.8 Å². The first-order valence-electron chi connectivity index (χ1n) is 12.1. The Balaban J connectivity index is 1.51. The molecule has 34 heavy (non-hydrogen) atoms. The number of aryl methyl sites for hydroxylation is 1. The molecule has 0 amide bonds. The van der Waals surface area contributed by atoms with E-state index < -0.39 is 0 Å². The Kier molecular flexibility index (Phi) is 6.77. The minimum absolute atomic E-state index is 0.186. The van der Waals surface area contributed by atoms with E-state index in [4.69, 9.17) is 5.41 Å². The van der Waals surface area contributed by atoms with Crippen molar-refractivity contribution < 1.29 is 5.11 Å². The summed E-state index contributed by atoms with van der Waals surface area (Å²) < 4.78 is 0. The SMILES string of the molecule is CCCC1(c2ccc(SC3=C/C(=N/Nc4cc(C)cc(C(C)(C)C)c4O)C(=N)C=C3)cc2)CC1. The third-order valence-electron chi connectivity index (χ3n) is 6.61. The van der Waals surface area contributed by atoms with Gasteiger partial charge in [-0.05, 0) is 84.6 Å². The first kappa shape index (κ1) is 24.3. The number of thioether (sulfide) groups is 1. The number of phenolic OH excluding ortho intramolecular Hbond substituents is 1. The second kappa shape index (κ2) is 9.46.